The van der Waals surface area contributed by atoms with Crippen LogP contribution in [-0.2, 0) is 16.1 Å². The first-order chi connectivity index (χ1) is 8.06. The van der Waals surface area contributed by atoms with Crippen LogP contribution in [0.3, 0.4) is 0 Å². The number of hydrogen-bond acceptors (Lipinski definition) is 3. The molecule has 0 saturated carbocycles. The number of amides is 1. The third-order valence-corrected chi connectivity index (χ3v) is 2.62. The molecule has 0 bridgehead atoms. The third kappa shape index (κ3) is 2.55. The van der Waals surface area contributed by atoms with Crippen LogP contribution in [0.5, 0.6) is 0 Å². The SMILES string of the molecule is Cc1cccc(CN2C[C@H](C(=O)O)OC2=O)c1. The zero-order valence-electron chi connectivity index (χ0n) is 9.42. The van der Waals surface area contributed by atoms with Crippen molar-refractivity contribution in [1.29, 1.82) is 0 Å². The summed E-state index contributed by atoms with van der Waals surface area (Å²) in [5.74, 6) is -1.11. The molecule has 0 aliphatic carbocycles. The summed E-state index contributed by atoms with van der Waals surface area (Å²) in [6.07, 6.45) is -1.62. The van der Waals surface area contributed by atoms with Crippen molar-refractivity contribution in [3.05, 3.63) is 35.4 Å². The molecular weight excluding hydrogens is 222 g/mol. The van der Waals surface area contributed by atoms with Crippen LogP contribution in [0.4, 0.5) is 4.79 Å². The standard InChI is InChI=1S/C12H13NO4/c1-8-3-2-4-9(5-8)6-13-7-10(11(14)15)17-12(13)16/h2-5,10H,6-7H2,1H3,(H,14,15)/t10-/m1/s1. The average molecular weight is 235 g/mol. The van der Waals surface area contributed by atoms with Gasteiger partial charge in [0.25, 0.3) is 0 Å². The Morgan fingerprint density at radius 3 is 2.94 bits per heavy atom. The summed E-state index contributed by atoms with van der Waals surface area (Å²) >= 11 is 0. The predicted molar refractivity (Wildman–Crippen MR) is 59.5 cm³/mol. The van der Waals surface area contributed by atoms with Crippen LogP contribution in [-0.4, -0.2) is 34.7 Å². The lowest BCUT2D eigenvalue weighted by Crippen LogP contribution is -2.27. The molecule has 1 amide bonds. The lowest BCUT2D eigenvalue weighted by atomic mass is 10.1. The Morgan fingerprint density at radius 2 is 2.35 bits per heavy atom. The fraction of sp³-hybridized carbons (Fsp3) is 0.333. The number of carbonyl (C=O) groups is 2. The number of hydrogen-bond donors (Lipinski definition) is 1. The van der Waals surface area contributed by atoms with Crippen LogP contribution < -0.4 is 0 Å². The van der Waals surface area contributed by atoms with E-state index in [1.54, 1.807) is 0 Å². The first-order valence-electron chi connectivity index (χ1n) is 5.30. The van der Waals surface area contributed by atoms with Gasteiger partial charge in [-0.05, 0) is 12.5 Å². The van der Waals surface area contributed by atoms with Gasteiger partial charge in [-0.1, -0.05) is 29.8 Å². The summed E-state index contributed by atoms with van der Waals surface area (Å²) in [6.45, 7) is 2.44. The largest absolute Gasteiger partial charge is 0.478 e. The number of cyclic esters (lactones) is 1. The molecule has 0 aromatic heterocycles. The summed E-state index contributed by atoms with van der Waals surface area (Å²) in [6, 6.07) is 7.72. The zero-order chi connectivity index (χ0) is 12.4. The maximum Gasteiger partial charge on any atom is 0.411 e. The third-order valence-electron chi connectivity index (χ3n) is 2.62. The van der Waals surface area contributed by atoms with Crippen molar-refractivity contribution in [1.82, 2.24) is 4.90 Å². The Bertz CT molecular complexity index is 458. The fourth-order valence-corrected chi connectivity index (χ4v) is 1.80. The second-order valence-electron chi connectivity index (χ2n) is 4.08. The second-order valence-corrected chi connectivity index (χ2v) is 4.08. The molecule has 0 spiro atoms. The first-order valence-corrected chi connectivity index (χ1v) is 5.30. The molecule has 1 heterocycles. The number of carbonyl (C=O) groups excluding carboxylic acids is 1. The van der Waals surface area contributed by atoms with Crippen LogP contribution in [0, 0.1) is 6.92 Å². The molecule has 17 heavy (non-hydrogen) atoms. The van der Waals surface area contributed by atoms with E-state index in [0.717, 1.165) is 11.1 Å². The molecule has 1 atom stereocenters. The summed E-state index contributed by atoms with van der Waals surface area (Å²) < 4.78 is 4.73. The highest BCUT2D eigenvalue weighted by Crippen LogP contribution is 2.15. The van der Waals surface area contributed by atoms with Gasteiger partial charge < -0.3 is 9.84 Å². The highest BCUT2D eigenvalue weighted by Gasteiger charge is 2.35. The van der Waals surface area contributed by atoms with Gasteiger partial charge in [-0.25, -0.2) is 9.59 Å². The van der Waals surface area contributed by atoms with Crippen molar-refractivity contribution in [3.8, 4) is 0 Å². The number of carboxylic acids is 1. The van der Waals surface area contributed by atoms with Gasteiger partial charge in [0, 0.05) is 6.54 Å². The minimum absolute atomic E-state index is 0.0993. The van der Waals surface area contributed by atoms with Crippen molar-refractivity contribution in [2.75, 3.05) is 6.54 Å². The number of ether oxygens (including phenoxy) is 1. The lowest BCUT2D eigenvalue weighted by molar-refractivity contribution is -0.144. The fourth-order valence-electron chi connectivity index (χ4n) is 1.80. The molecular formula is C12H13NO4. The van der Waals surface area contributed by atoms with Crippen LogP contribution >= 0.6 is 0 Å². The molecule has 1 aliphatic heterocycles. The molecule has 5 heteroatoms. The van der Waals surface area contributed by atoms with Gasteiger partial charge in [-0.3, -0.25) is 4.90 Å². The molecule has 2 rings (SSSR count). The molecule has 0 radical (unpaired) electrons. The minimum Gasteiger partial charge on any atom is -0.478 e. The summed E-state index contributed by atoms with van der Waals surface area (Å²) in [5, 5.41) is 8.76. The molecule has 1 aliphatic rings. The monoisotopic (exact) mass is 235 g/mol. The molecule has 1 saturated heterocycles. The number of carboxylic acid groups (broad SMARTS) is 1. The summed E-state index contributed by atoms with van der Waals surface area (Å²) in [7, 11) is 0. The van der Waals surface area contributed by atoms with Gasteiger partial charge in [0.1, 0.15) is 0 Å². The van der Waals surface area contributed by atoms with Gasteiger partial charge in [-0.15, -0.1) is 0 Å². The number of benzene rings is 1. The zero-order valence-corrected chi connectivity index (χ0v) is 9.42. The summed E-state index contributed by atoms with van der Waals surface area (Å²) in [5.41, 5.74) is 2.07. The van der Waals surface area contributed by atoms with Crippen molar-refractivity contribution in [2.24, 2.45) is 0 Å². The number of nitrogens with zero attached hydrogens (tertiary/aromatic N) is 1. The van der Waals surface area contributed by atoms with E-state index in [4.69, 9.17) is 9.84 Å². The number of aryl methyl sites for hydroxylation is 1. The van der Waals surface area contributed by atoms with Gasteiger partial charge in [-0.2, -0.15) is 0 Å². The van der Waals surface area contributed by atoms with Crippen LogP contribution in [0.15, 0.2) is 24.3 Å². The van der Waals surface area contributed by atoms with Crippen molar-refractivity contribution in [2.45, 2.75) is 19.6 Å². The maximum absolute atomic E-state index is 11.4. The van der Waals surface area contributed by atoms with E-state index in [2.05, 4.69) is 0 Å². The predicted octanol–water partition coefficient (Wildman–Crippen LogP) is 1.40. The highest BCUT2D eigenvalue weighted by atomic mass is 16.6. The van der Waals surface area contributed by atoms with Crippen LogP contribution in [0.2, 0.25) is 0 Å². The van der Waals surface area contributed by atoms with Gasteiger partial charge >= 0.3 is 12.1 Å². The Kier molecular flexibility index (Phi) is 2.99. The molecule has 5 nitrogen and oxygen atoms in total. The quantitative estimate of drug-likeness (QED) is 0.859. The van der Waals surface area contributed by atoms with E-state index in [0.29, 0.717) is 6.54 Å². The van der Waals surface area contributed by atoms with E-state index in [1.165, 1.54) is 4.90 Å². The van der Waals surface area contributed by atoms with Crippen LogP contribution in [0.25, 0.3) is 0 Å². The van der Waals surface area contributed by atoms with E-state index in [9.17, 15) is 9.59 Å². The Hall–Kier alpha value is -2.04. The topological polar surface area (TPSA) is 66.8 Å². The smallest absolute Gasteiger partial charge is 0.411 e. The number of rotatable bonds is 3. The summed E-state index contributed by atoms with van der Waals surface area (Å²) in [4.78, 5) is 23.5. The Labute approximate surface area is 98.6 Å². The molecule has 1 aromatic rings. The molecule has 1 aromatic carbocycles. The molecule has 90 valence electrons. The lowest BCUT2D eigenvalue weighted by Gasteiger charge is -2.12. The molecule has 1 fully saturated rings. The van der Waals surface area contributed by atoms with Crippen LogP contribution in [0.1, 0.15) is 11.1 Å². The van der Waals surface area contributed by atoms with Crippen molar-refractivity contribution in [3.63, 3.8) is 0 Å². The number of aliphatic carboxylic acids is 1. The van der Waals surface area contributed by atoms with Crippen molar-refractivity contribution < 1.29 is 19.4 Å². The first kappa shape index (κ1) is 11.4. The van der Waals surface area contributed by atoms with E-state index in [-0.39, 0.29) is 6.54 Å². The normalized spacial score (nSPS) is 19.2. The molecule has 1 N–H and O–H groups in total. The van der Waals surface area contributed by atoms with Gasteiger partial charge in [0.2, 0.25) is 6.10 Å². The Morgan fingerprint density at radius 1 is 1.59 bits per heavy atom. The van der Waals surface area contributed by atoms with Crippen molar-refractivity contribution >= 4 is 12.1 Å². The van der Waals surface area contributed by atoms with Gasteiger partial charge in [0.15, 0.2) is 0 Å². The van der Waals surface area contributed by atoms with E-state index in [1.807, 2.05) is 31.2 Å². The van der Waals surface area contributed by atoms with Gasteiger partial charge in [0.05, 0.1) is 6.54 Å². The minimum atomic E-state index is -1.11. The average Bonchev–Trinajstić information content (AvgIpc) is 2.61. The van der Waals surface area contributed by atoms with E-state index < -0.39 is 18.2 Å². The maximum atomic E-state index is 11.4. The second kappa shape index (κ2) is 4.45. The Balaban J connectivity index is 2.05. The van der Waals surface area contributed by atoms with E-state index >= 15 is 0 Å². The molecule has 0 unspecified atom stereocenters. The highest BCUT2D eigenvalue weighted by molar-refractivity contribution is 5.81.